The second-order valence-electron chi connectivity index (χ2n) is 18.3. The van der Waals surface area contributed by atoms with E-state index in [1.54, 1.807) is 0 Å². The van der Waals surface area contributed by atoms with Gasteiger partial charge < -0.3 is 4.90 Å². The van der Waals surface area contributed by atoms with Gasteiger partial charge in [0.25, 0.3) is 0 Å². The number of carbonyl (C=O) groups is 1. The molecule has 0 spiro atoms. The first-order chi connectivity index (χ1) is 27.8. The van der Waals surface area contributed by atoms with Crippen LogP contribution in [0.15, 0.2) is 12.2 Å². The van der Waals surface area contributed by atoms with Crippen molar-refractivity contribution in [1.82, 2.24) is 4.90 Å². The summed E-state index contributed by atoms with van der Waals surface area (Å²) in [6.07, 6.45) is 67.7. The average molecular weight is 786 g/mol. The van der Waals surface area contributed by atoms with Crippen LogP contribution in [-0.2, 0) is 4.79 Å². The number of allylic oxidation sites excluding steroid dienone is 2. The van der Waals surface area contributed by atoms with Crippen LogP contribution in [0.5, 0.6) is 0 Å². The summed E-state index contributed by atoms with van der Waals surface area (Å²) in [5.74, 6) is 0.449. The Hall–Kier alpha value is -0.790. The maximum atomic E-state index is 13.4. The van der Waals surface area contributed by atoms with E-state index in [0.29, 0.717) is 5.91 Å². The molecule has 0 saturated heterocycles. The number of amides is 1. The van der Waals surface area contributed by atoms with Gasteiger partial charge in [-0.3, -0.25) is 4.79 Å². The summed E-state index contributed by atoms with van der Waals surface area (Å²) in [4.78, 5) is 15.7. The zero-order valence-corrected chi connectivity index (χ0v) is 39.5. The molecule has 0 N–H and O–H groups in total. The molecule has 0 radical (unpaired) electrons. The summed E-state index contributed by atoms with van der Waals surface area (Å²) in [6.45, 7) is 8.91. The molecule has 0 bridgehead atoms. The lowest BCUT2D eigenvalue weighted by molar-refractivity contribution is -0.131. The van der Waals surface area contributed by atoms with E-state index in [-0.39, 0.29) is 0 Å². The predicted octanol–water partition coefficient (Wildman–Crippen LogP) is 19.4. The van der Waals surface area contributed by atoms with Crippen LogP contribution in [0, 0.1) is 0 Å². The molecule has 0 unspecified atom stereocenters. The normalized spacial score (nSPS) is 11.7. The van der Waals surface area contributed by atoms with Gasteiger partial charge in [0.05, 0.1) is 0 Å². The number of nitrogens with zero attached hydrogens (tertiary/aromatic N) is 1. The first-order valence-electron chi connectivity index (χ1n) is 26.7. The number of hydrogen-bond acceptors (Lipinski definition) is 1. The van der Waals surface area contributed by atoms with E-state index in [1.807, 2.05) is 0 Å². The van der Waals surface area contributed by atoms with E-state index in [4.69, 9.17) is 0 Å². The van der Waals surface area contributed by atoms with Gasteiger partial charge in [-0.1, -0.05) is 277 Å². The van der Waals surface area contributed by atoms with Gasteiger partial charge in [-0.25, -0.2) is 0 Å². The molecular formula is C54H107NO. The predicted molar refractivity (Wildman–Crippen MR) is 255 cm³/mol. The fourth-order valence-corrected chi connectivity index (χ4v) is 8.57. The smallest absolute Gasteiger partial charge is 0.222 e. The standard InChI is InChI=1S/C54H107NO/c1-4-7-10-13-16-19-22-25-28-31-34-37-40-43-46-49-52-55(53-50-47-44-41-38-35-32-29-26-23-20-17-14-11-8-5-2)54(56)51-48-45-42-39-36-33-30-27-24-21-18-15-12-9-6-3/h27,30H,4-26,28-29,31-53H2,1-3H3. The van der Waals surface area contributed by atoms with Gasteiger partial charge in [0, 0.05) is 19.5 Å². The van der Waals surface area contributed by atoms with Crippen molar-refractivity contribution in [2.75, 3.05) is 13.1 Å². The van der Waals surface area contributed by atoms with Crippen LogP contribution < -0.4 is 0 Å². The molecule has 0 saturated carbocycles. The maximum Gasteiger partial charge on any atom is 0.222 e. The lowest BCUT2D eigenvalue weighted by atomic mass is 10.0. The van der Waals surface area contributed by atoms with Crippen molar-refractivity contribution in [1.29, 1.82) is 0 Å². The Labute approximate surface area is 355 Å². The number of hydrogen-bond donors (Lipinski definition) is 0. The molecule has 2 heteroatoms. The fourth-order valence-electron chi connectivity index (χ4n) is 8.57. The van der Waals surface area contributed by atoms with E-state index >= 15 is 0 Å². The van der Waals surface area contributed by atoms with Crippen molar-refractivity contribution in [2.24, 2.45) is 0 Å². The van der Waals surface area contributed by atoms with E-state index in [1.165, 1.54) is 283 Å². The quantitative estimate of drug-likeness (QED) is 0.0444. The molecule has 1 amide bonds. The molecule has 56 heavy (non-hydrogen) atoms. The Morgan fingerprint density at radius 1 is 0.286 bits per heavy atom. The minimum Gasteiger partial charge on any atom is -0.343 e. The van der Waals surface area contributed by atoms with Gasteiger partial charge in [-0.2, -0.15) is 0 Å². The zero-order chi connectivity index (χ0) is 40.5. The summed E-state index contributed by atoms with van der Waals surface area (Å²) in [6, 6.07) is 0. The summed E-state index contributed by atoms with van der Waals surface area (Å²) in [5, 5.41) is 0. The van der Waals surface area contributed by atoms with Gasteiger partial charge in [0.15, 0.2) is 0 Å². The molecule has 0 aliphatic rings. The zero-order valence-electron chi connectivity index (χ0n) is 39.5. The molecule has 0 fully saturated rings. The highest BCUT2D eigenvalue weighted by Crippen LogP contribution is 2.17. The van der Waals surface area contributed by atoms with Gasteiger partial charge in [-0.15, -0.1) is 0 Å². The molecule has 0 aromatic rings. The molecule has 0 atom stereocenters. The fraction of sp³-hybridized carbons (Fsp3) is 0.944. The minimum absolute atomic E-state index is 0.449. The molecule has 0 aromatic heterocycles. The number of rotatable bonds is 49. The largest absolute Gasteiger partial charge is 0.343 e. The highest BCUT2D eigenvalue weighted by atomic mass is 16.2. The maximum absolute atomic E-state index is 13.4. The van der Waals surface area contributed by atoms with E-state index in [9.17, 15) is 4.79 Å². The molecule has 334 valence electrons. The van der Waals surface area contributed by atoms with Crippen molar-refractivity contribution in [3.63, 3.8) is 0 Å². The summed E-state index contributed by atoms with van der Waals surface area (Å²) >= 11 is 0. The van der Waals surface area contributed by atoms with E-state index in [2.05, 4.69) is 37.8 Å². The van der Waals surface area contributed by atoms with Crippen molar-refractivity contribution in [3.05, 3.63) is 12.2 Å². The van der Waals surface area contributed by atoms with Crippen LogP contribution in [0.2, 0.25) is 0 Å². The highest BCUT2D eigenvalue weighted by molar-refractivity contribution is 5.76. The number of unbranched alkanes of at least 4 members (excludes halogenated alkanes) is 41. The second kappa shape index (κ2) is 50.4. The van der Waals surface area contributed by atoms with Crippen LogP contribution in [0.1, 0.15) is 316 Å². The van der Waals surface area contributed by atoms with Crippen LogP contribution in [-0.4, -0.2) is 23.9 Å². The first-order valence-corrected chi connectivity index (χ1v) is 26.7. The van der Waals surface area contributed by atoms with Crippen molar-refractivity contribution >= 4 is 5.91 Å². The third-order valence-corrected chi connectivity index (χ3v) is 12.6. The van der Waals surface area contributed by atoms with Crippen molar-refractivity contribution < 1.29 is 4.79 Å². The van der Waals surface area contributed by atoms with Crippen LogP contribution in [0.25, 0.3) is 0 Å². The SMILES string of the molecule is CCCCCCCCC=CCCCCCCCC(=O)N(CCCCCCCCCCCCCCCCCC)CCCCCCCCCCCCCCCCCC. The van der Waals surface area contributed by atoms with Crippen LogP contribution in [0.3, 0.4) is 0 Å². The minimum atomic E-state index is 0.449. The molecule has 2 nitrogen and oxygen atoms in total. The van der Waals surface area contributed by atoms with E-state index in [0.717, 1.165) is 25.9 Å². The van der Waals surface area contributed by atoms with Crippen molar-refractivity contribution in [2.45, 2.75) is 316 Å². The molecule has 0 aliphatic heterocycles. The third kappa shape index (κ3) is 45.9. The monoisotopic (exact) mass is 786 g/mol. The lowest BCUT2D eigenvalue weighted by Gasteiger charge is -2.23. The Morgan fingerprint density at radius 3 is 0.768 bits per heavy atom. The van der Waals surface area contributed by atoms with Crippen LogP contribution in [0.4, 0.5) is 0 Å². The highest BCUT2D eigenvalue weighted by Gasteiger charge is 2.12. The van der Waals surface area contributed by atoms with Gasteiger partial charge in [-0.05, 0) is 44.9 Å². The van der Waals surface area contributed by atoms with Crippen molar-refractivity contribution in [3.8, 4) is 0 Å². The van der Waals surface area contributed by atoms with Gasteiger partial charge >= 0.3 is 0 Å². The molecule has 0 aliphatic carbocycles. The lowest BCUT2D eigenvalue weighted by Crippen LogP contribution is -2.32. The molecular weight excluding hydrogens is 679 g/mol. The summed E-state index contributed by atoms with van der Waals surface area (Å²) in [7, 11) is 0. The molecule has 0 rings (SSSR count). The second-order valence-corrected chi connectivity index (χ2v) is 18.3. The van der Waals surface area contributed by atoms with Gasteiger partial charge in [0.1, 0.15) is 0 Å². The Morgan fingerprint density at radius 2 is 0.500 bits per heavy atom. The average Bonchev–Trinajstić information content (AvgIpc) is 3.21. The molecule has 0 heterocycles. The first kappa shape index (κ1) is 55.2. The summed E-state index contributed by atoms with van der Waals surface area (Å²) < 4.78 is 0. The summed E-state index contributed by atoms with van der Waals surface area (Å²) in [5.41, 5.74) is 0. The Kier molecular flexibility index (Phi) is 49.6. The van der Waals surface area contributed by atoms with Crippen LogP contribution >= 0.6 is 0 Å². The van der Waals surface area contributed by atoms with E-state index < -0.39 is 0 Å². The molecule has 0 aromatic carbocycles. The topological polar surface area (TPSA) is 20.3 Å². The Balaban J connectivity index is 4.11. The van der Waals surface area contributed by atoms with Gasteiger partial charge in [0.2, 0.25) is 5.91 Å². The Bertz CT molecular complexity index is 709. The number of carbonyl (C=O) groups excluding carboxylic acids is 1. The third-order valence-electron chi connectivity index (χ3n) is 12.6.